The van der Waals surface area contributed by atoms with Crippen LogP contribution in [-0.4, -0.2) is 29.6 Å². The van der Waals surface area contributed by atoms with Crippen molar-refractivity contribution in [3.8, 4) is 0 Å². The molecule has 0 radical (unpaired) electrons. The molecule has 0 fully saturated rings. The molecule has 98 valence electrons. The minimum atomic E-state index is -0.764. The van der Waals surface area contributed by atoms with Crippen molar-refractivity contribution in [2.24, 2.45) is 0 Å². The van der Waals surface area contributed by atoms with Gasteiger partial charge in [-0.1, -0.05) is 38.1 Å². The lowest BCUT2D eigenvalue weighted by atomic mass is 9.71. The summed E-state index contributed by atoms with van der Waals surface area (Å²) in [5.41, 5.74) is 2.84. The first-order valence-electron chi connectivity index (χ1n) is 6.43. The van der Waals surface area contributed by atoms with Crippen LogP contribution < -0.4 is 0 Å². The number of carbonyl (C=O) groups is 1. The van der Waals surface area contributed by atoms with Crippen LogP contribution >= 0.6 is 0 Å². The van der Waals surface area contributed by atoms with E-state index in [1.165, 1.54) is 11.1 Å². The average Bonchev–Trinajstić information content (AvgIpc) is 2.28. The average molecular weight is 247 g/mol. The third-order valence-electron chi connectivity index (χ3n) is 4.01. The van der Waals surface area contributed by atoms with E-state index in [1.54, 1.807) is 0 Å². The van der Waals surface area contributed by atoms with Crippen LogP contribution in [0, 0.1) is 0 Å². The number of carboxylic acids is 1. The van der Waals surface area contributed by atoms with Gasteiger partial charge in [0.1, 0.15) is 0 Å². The Hall–Kier alpha value is -1.35. The van der Waals surface area contributed by atoms with Crippen molar-refractivity contribution < 1.29 is 9.90 Å². The molecule has 0 saturated heterocycles. The summed E-state index contributed by atoms with van der Waals surface area (Å²) in [6.07, 6.45) is 2.12. The van der Waals surface area contributed by atoms with Crippen molar-refractivity contribution in [2.75, 3.05) is 13.6 Å². The number of nitrogens with zero attached hydrogens (tertiary/aromatic N) is 1. The summed E-state index contributed by atoms with van der Waals surface area (Å²) in [6.45, 7) is 4.62. The molecule has 0 heterocycles. The summed E-state index contributed by atoms with van der Waals surface area (Å²) in [4.78, 5) is 12.8. The van der Waals surface area contributed by atoms with Gasteiger partial charge in [0.05, 0.1) is 6.54 Å². The zero-order chi connectivity index (χ0) is 13.3. The third kappa shape index (κ3) is 2.41. The van der Waals surface area contributed by atoms with Crippen LogP contribution in [0.4, 0.5) is 0 Å². The maximum atomic E-state index is 10.9. The predicted octanol–water partition coefficient (Wildman–Crippen LogP) is 2.82. The number of likely N-dealkylation sites (N-methyl/N-ethyl adjacent to an activating group) is 1. The Balaban J connectivity index is 2.33. The molecule has 1 aliphatic rings. The zero-order valence-electron chi connectivity index (χ0n) is 11.3. The summed E-state index contributed by atoms with van der Waals surface area (Å²) >= 11 is 0. The molecule has 1 aromatic carbocycles. The Morgan fingerprint density at radius 1 is 1.44 bits per heavy atom. The first-order chi connectivity index (χ1) is 8.42. The summed E-state index contributed by atoms with van der Waals surface area (Å²) in [7, 11) is 1.90. The molecule has 0 bridgehead atoms. The second kappa shape index (κ2) is 4.73. The highest BCUT2D eigenvalue weighted by molar-refractivity contribution is 5.69. The second-order valence-electron chi connectivity index (χ2n) is 5.83. The molecule has 0 saturated carbocycles. The summed E-state index contributed by atoms with van der Waals surface area (Å²) in [5, 5.41) is 8.92. The molecular formula is C15H21NO2. The molecule has 1 N–H and O–H groups in total. The van der Waals surface area contributed by atoms with Crippen molar-refractivity contribution in [1.29, 1.82) is 0 Å². The third-order valence-corrected chi connectivity index (χ3v) is 4.01. The van der Waals surface area contributed by atoms with Gasteiger partial charge in [-0.3, -0.25) is 9.69 Å². The molecule has 3 heteroatoms. The van der Waals surface area contributed by atoms with E-state index < -0.39 is 5.97 Å². The van der Waals surface area contributed by atoms with Gasteiger partial charge in [-0.05, 0) is 36.4 Å². The summed E-state index contributed by atoms with van der Waals surface area (Å²) in [6, 6.07) is 8.66. The summed E-state index contributed by atoms with van der Waals surface area (Å²) < 4.78 is 0. The van der Waals surface area contributed by atoms with Gasteiger partial charge in [-0.2, -0.15) is 0 Å². The standard InChI is InChI=1S/C15H21NO2/c1-15(2)9-8-13(16(3)10-14(17)18)11-6-4-5-7-12(11)15/h4-7,13H,8-10H2,1-3H3,(H,17,18). The Labute approximate surface area is 108 Å². The van der Waals surface area contributed by atoms with Crippen molar-refractivity contribution in [3.05, 3.63) is 35.4 Å². The van der Waals surface area contributed by atoms with Gasteiger partial charge in [0, 0.05) is 6.04 Å². The Morgan fingerprint density at radius 3 is 2.78 bits per heavy atom. The normalized spacial score (nSPS) is 21.7. The lowest BCUT2D eigenvalue weighted by Gasteiger charge is -2.40. The van der Waals surface area contributed by atoms with E-state index in [0.717, 1.165) is 12.8 Å². The van der Waals surface area contributed by atoms with Gasteiger partial charge in [-0.15, -0.1) is 0 Å². The van der Waals surface area contributed by atoms with Crippen LogP contribution in [0.2, 0.25) is 0 Å². The summed E-state index contributed by atoms with van der Waals surface area (Å²) in [5.74, 6) is -0.764. The maximum Gasteiger partial charge on any atom is 0.317 e. The van der Waals surface area contributed by atoms with E-state index in [0.29, 0.717) is 0 Å². The van der Waals surface area contributed by atoms with Gasteiger partial charge in [0.2, 0.25) is 0 Å². The Bertz CT molecular complexity index is 454. The van der Waals surface area contributed by atoms with Gasteiger partial charge in [0.25, 0.3) is 0 Å². The molecule has 0 spiro atoms. The Kier molecular flexibility index (Phi) is 3.44. The topological polar surface area (TPSA) is 40.5 Å². The predicted molar refractivity (Wildman–Crippen MR) is 71.7 cm³/mol. The molecule has 1 aliphatic carbocycles. The van der Waals surface area contributed by atoms with Gasteiger partial charge in [0.15, 0.2) is 0 Å². The second-order valence-corrected chi connectivity index (χ2v) is 5.83. The number of fused-ring (bicyclic) bond motifs is 1. The lowest BCUT2D eigenvalue weighted by molar-refractivity contribution is -0.138. The molecule has 2 rings (SSSR count). The molecule has 0 aliphatic heterocycles. The largest absolute Gasteiger partial charge is 0.480 e. The van der Waals surface area contributed by atoms with Gasteiger partial charge < -0.3 is 5.11 Å². The highest BCUT2D eigenvalue weighted by Crippen LogP contribution is 2.43. The lowest BCUT2D eigenvalue weighted by Crippen LogP contribution is -2.36. The monoisotopic (exact) mass is 247 g/mol. The minimum absolute atomic E-state index is 0.0967. The van der Waals surface area contributed by atoms with E-state index >= 15 is 0 Å². The molecule has 1 atom stereocenters. The minimum Gasteiger partial charge on any atom is -0.480 e. The highest BCUT2D eigenvalue weighted by Gasteiger charge is 2.34. The molecule has 0 aromatic heterocycles. The van der Waals surface area contributed by atoms with Crippen LogP contribution in [0.3, 0.4) is 0 Å². The van der Waals surface area contributed by atoms with E-state index in [1.807, 2.05) is 18.0 Å². The van der Waals surface area contributed by atoms with Crippen LogP contribution in [-0.2, 0) is 10.2 Å². The van der Waals surface area contributed by atoms with Gasteiger partial charge in [-0.25, -0.2) is 0 Å². The number of benzene rings is 1. The number of carboxylic acid groups (broad SMARTS) is 1. The Morgan fingerprint density at radius 2 is 2.11 bits per heavy atom. The fourth-order valence-electron chi connectivity index (χ4n) is 2.97. The molecule has 3 nitrogen and oxygen atoms in total. The fraction of sp³-hybridized carbons (Fsp3) is 0.533. The molecule has 1 aromatic rings. The maximum absolute atomic E-state index is 10.9. The van der Waals surface area contributed by atoms with Crippen molar-refractivity contribution in [3.63, 3.8) is 0 Å². The smallest absolute Gasteiger partial charge is 0.317 e. The fourth-order valence-corrected chi connectivity index (χ4v) is 2.97. The quantitative estimate of drug-likeness (QED) is 0.893. The molecule has 0 amide bonds. The van der Waals surface area contributed by atoms with Crippen LogP contribution in [0.5, 0.6) is 0 Å². The van der Waals surface area contributed by atoms with Crippen molar-refractivity contribution >= 4 is 5.97 Å². The highest BCUT2D eigenvalue weighted by atomic mass is 16.4. The molecular weight excluding hydrogens is 226 g/mol. The van der Waals surface area contributed by atoms with E-state index in [2.05, 4.69) is 32.0 Å². The van der Waals surface area contributed by atoms with Gasteiger partial charge >= 0.3 is 5.97 Å². The van der Waals surface area contributed by atoms with Crippen LogP contribution in [0.1, 0.15) is 43.9 Å². The van der Waals surface area contributed by atoms with E-state index in [-0.39, 0.29) is 18.0 Å². The molecule has 18 heavy (non-hydrogen) atoms. The number of rotatable bonds is 3. The number of aliphatic carboxylic acids is 1. The van der Waals surface area contributed by atoms with E-state index in [4.69, 9.17) is 5.11 Å². The van der Waals surface area contributed by atoms with Crippen molar-refractivity contribution in [2.45, 2.75) is 38.1 Å². The SMILES string of the molecule is CN(CC(=O)O)C1CCC(C)(C)c2ccccc21. The number of hydrogen-bond donors (Lipinski definition) is 1. The zero-order valence-corrected chi connectivity index (χ0v) is 11.3. The first kappa shape index (κ1) is 13.1. The van der Waals surface area contributed by atoms with Crippen LogP contribution in [0.25, 0.3) is 0 Å². The number of hydrogen-bond acceptors (Lipinski definition) is 2. The molecule has 1 unspecified atom stereocenters. The van der Waals surface area contributed by atoms with E-state index in [9.17, 15) is 4.79 Å². The van der Waals surface area contributed by atoms with Crippen LogP contribution in [0.15, 0.2) is 24.3 Å². The van der Waals surface area contributed by atoms with Crippen molar-refractivity contribution in [1.82, 2.24) is 4.90 Å². The first-order valence-corrected chi connectivity index (χ1v) is 6.43.